The normalized spacial score (nSPS) is 16.7. The Labute approximate surface area is 236 Å². The third-order valence-electron chi connectivity index (χ3n) is 7.16. The van der Waals surface area contributed by atoms with Gasteiger partial charge >= 0.3 is 0 Å². The van der Waals surface area contributed by atoms with E-state index >= 15 is 0 Å². The second kappa shape index (κ2) is 17.4. The lowest BCUT2D eigenvalue weighted by molar-refractivity contribution is 0.281. The fourth-order valence-electron chi connectivity index (χ4n) is 5.06. The number of hydrogen-bond donors (Lipinski definition) is 4. The third kappa shape index (κ3) is 11.6. The van der Waals surface area contributed by atoms with Crippen molar-refractivity contribution in [3.05, 3.63) is 47.1 Å². The molecule has 1 aromatic carbocycles. The van der Waals surface area contributed by atoms with E-state index in [1.165, 1.54) is 29.6 Å². The predicted molar refractivity (Wildman–Crippen MR) is 165 cm³/mol. The quantitative estimate of drug-likeness (QED) is 0.0859. The third-order valence-corrected chi connectivity index (χ3v) is 7.16. The summed E-state index contributed by atoms with van der Waals surface area (Å²) in [6, 6.07) is 4.47. The Balaban J connectivity index is 2.38. The van der Waals surface area contributed by atoms with Gasteiger partial charge in [0.25, 0.3) is 0 Å². The molecule has 2 rings (SSSR count). The van der Waals surface area contributed by atoms with E-state index in [2.05, 4.69) is 55.5 Å². The fourth-order valence-corrected chi connectivity index (χ4v) is 5.06. The summed E-state index contributed by atoms with van der Waals surface area (Å²) in [6.45, 7) is 13.3. The molecule has 0 saturated heterocycles. The first kappa shape index (κ1) is 32.1. The number of guanidine groups is 2. The highest BCUT2D eigenvalue weighted by atomic mass is 16.5. The van der Waals surface area contributed by atoms with E-state index in [4.69, 9.17) is 32.4 Å². The summed E-state index contributed by atoms with van der Waals surface area (Å²) in [5.41, 5.74) is 26.8. The van der Waals surface area contributed by atoms with Gasteiger partial charge in [-0.15, -0.1) is 0 Å². The zero-order valence-corrected chi connectivity index (χ0v) is 24.5. The lowest BCUT2D eigenvalue weighted by Gasteiger charge is -2.33. The van der Waals surface area contributed by atoms with Crippen molar-refractivity contribution in [2.45, 2.75) is 90.9 Å². The van der Waals surface area contributed by atoms with Crippen LogP contribution in [-0.4, -0.2) is 38.2 Å². The number of nitrogens with two attached hydrogens (primary N) is 4. The van der Waals surface area contributed by atoms with Crippen LogP contribution in [0.15, 0.2) is 45.9 Å². The van der Waals surface area contributed by atoms with E-state index < -0.39 is 0 Å². The molecule has 1 aliphatic carbocycles. The number of rotatable bonds is 18. The van der Waals surface area contributed by atoms with E-state index in [-0.39, 0.29) is 17.8 Å². The number of ether oxygens (including phenoxy) is 2. The predicted octanol–water partition coefficient (Wildman–Crippen LogP) is 5.30. The zero-order valence-electron chi connectivity index (χ0n) is 24.5. The highest BCUT2D eigenvalue weighted by molar-refractivity contribution is 5.75. The maximum absolute atomic E-state index is 6.52. The topological polar surface area (TPSA) is 147 Å². The van der Waals surface area contributed by atoms with E-state index in [1.807, 2.05) is 0 Å². The van der Waals surface area contributed by atoms with Crippen LogP contribution in [-0.2, 0) is 6.42 Å². The van der Waals surface area contributed by atoms with Crippen LogP contribution in [0.2, 0.25) is 0 Å². The van der Waals surface area contributed by atoms with Gasteiger partial charge in [0.15, 0.2) is 11.9 Å². The van der Waals surface area contributed by atoms with Gasteiger partial charge in [0.05, 0.1) is 13.2 Å². The Bertz CT molecular complexity index is 944. The molecular formula is C31H52N6O2. The van der Waals surface area contributed by atoms with Crippen molar-refractivity contribution in [3.63, 3.8) is 0 Å². The van der Waals surface area contributed by atoms with Crippen LogP contribution in [0.4, 0.5) is 0 Å². The average molecular weight is 541 g/mol. The van der Waals surface area contributed by atoms with Crippen molar-refractivity contribution in [2.24, 2.45) is 38.8 Å². The van der Waals surface area contributed by atoms with E-state index in [1.54, 1.807) is 0 Å². The molecule has 8 nitrogen and oxygen atoms in total. The summed E-state index contributed by atoms with van der Waals surface area (Å²) in [6.07, 6.45) is 12.5. The Kier molecular flexibility index (Phi) is 14.3. The first-order chi connectivity index (χ1) is 18.7. The summed E-state index contributed by atoms with van der Waals surface area (Å²) < 4.78 is 13.0. The number of hydrogen-bond acceptors (Lipinski definition) is 4. The van der Waals surface area contributed by atoms with Crippen LogP contribution >= 0.6 is 0 Å². The number of allylic oxidation sites excluding steroid dienone is 3. The Morgan fingerprint density at radius 2 is 1.46 bits per heavy atom. The smallest absolute Gasteiger partial charge is 0.185 e. The second-order valence-electron chi connectivity index (χ2n) is 10.7. The second-order valence-corrected chi connectivity index (χ2v) is 10.7. The van der Waals surface area contributed by atoms with Crippen LogP contribution in [0.3, 0.4) is 0 Å². The molecule has 0 fully saturated rings. The van der Waals surface area contributed by atoms with Crippen molar-refractivity contribution < 1.29 is 9.47 Å². The van der Waals surface area contributed by atoms with E-state index in [9.17, 15) is 0 Å². The molecule has 0 spiro atoms. The lowest BCUT2D eigenvalue weighted by atomic mass is 9.73. The molecule has 0 aliphatic heterocycles. The highest BCUT2D eigenvalue weighted by Crippen LogP contribution is 2.47. The minimum absolute atomic E-state index is 0.128. The molecule has 0 heterocycles. The molecule has 218 valence electrons. The van der Waals surface area contributed by atoms with Gasteiger partial charge in [-0.05, 0) is 88.8 Å². The molecule has 0 bridgehead atoms. The SMILES string of the molecule is C=C(C)[C@@H]1CCC(C)=C[C@H]1c1c(OCCCCN=C(N)N)cc(CCCCC)cc1OCCCCN=C(N)N. The standard InChI is InChI=1S/C31H52N6O2/c1-5-6-7-12-24-20-27(38-17-10-8-15-36-30(32)33)29(26-19-23(4)13-14-25(26)22(2)3)28(21-24)39-18-11-9-16-37-31(34)35/h19-21,25-26H,2,5-18H2,1,3-4H3,(H4,32,33,36)(H4,34,35,37)/t25-,26+/m0/s1. The summed E-state index contributed by atoms with van der Waals surface area (Å²) in [4.78, 5) is 8.18. The van der Waals surface area contributed by atoms with Crippen molar-refractivity contribution in [2.75, 3.05) is 26.3 Å². The Morgan fingerprint density at radius 3 is 1.95 bits per heavy atom. The molecule has 8 N–H and O–H groups in total. The van der Waals surface area contributed by atoms with Crippen LogP contribution < -0.4 is 32.4 Å². The van der Waals surface area contributed by atoms with Gasteiger partial charge in [-0.2, -0.15) is 0 Å². The molecular weight excluding hydrogens is 488 g/mol. The molecule has 0 unspecified atom stereocenters. The summed E-state index contributed by atoms with van der Waals surface area (Å²) in [7, 11) is 0. The maximum Gasteiger partial charge on any atom is 0.185 e. The molecule has 2 atom stereocenters. The minimum atomic E-state index is 0.128. The first-order valence-electron chi connectivity index (χ1n) is 14.6. The van der Waals surface area contributed by atoms with Crippen molar-refractivity contribution in [3.8, 4) is 11.5 Å². The summed E-state index contributed by atoms with van der Waals surface area (Å²) in [5, 5.41) is 0. The number of aliphatic imine (C=N–C) groups is 2. The molecule has 8 heteroatoms. The van der Waals surface area contributed by atoms with E-state index in [0.717, 1.165) is 68.4 Å². The van der Waals surface area contributed by atoms with Crippen LogP contribution in [0.1, 0.15) is 95.6 Å². The highest BCUT2D eigenvalue weighted by Gasteiger charge is 2.31. The lowest BCUT2D eigenvalue weighted by Crippen LogP contribution is -2.23. The van der Waals surface area contributed by atoms with Gasteiger partial charge < -0.3 is 32.4 Å². The average Bonchev–Trinajstić information content (AvgIpc) is 2.87. The molecule has 0 saturated carbocycles. The molecule has 0 aromatic heterocycles. The number of unbranched alkanes of at least 4 members (excludes halogenated alkanes) is 4. The number of benzene rings is 1. The molecule has 39 heavy (non-hydrogen) atoms. The first-order valence-corrected chi connectivity index (χ1v) is 14.6. The van der Waals surface area contributed by atoms with Crippen molar-refractivity contribution >= 4 is 11.9 Å². The number of nitrogens with zero attached hydrogens (tertiary/aromatic N) is 2. The van der Waals surface area contributed by atoms with Crippen molar-refractivity contribution in [1.29, 1.82) is 0 Å². The summed E-state index contributed by atoms with van der Waals surface area (Å²) >= 11 is 0. The Morgan fingerprint density at radius 1 is 0.897 bits per heavy atom. The number of aryl methyl sites for hydroxylation is 1. The maximum atomic E-state index is 6.52. The van der Waals surface area contributed by atoms with Crippen LogP contribution in [0.5, 0.6) is 11.5 Å². The summed E-state index contributed by atoms with van der Waals surface area (Å²) in [5.74, 6) is 2.60. The zero-order chi connectivity index (χ0) is 28.6. The largest absolute Gasteiger partial charge is 0.493 e. The molecule has 0 radical (unpaired) electrons. The van der Waals surface area contributed by atoms with E-state index in [0.29, 0.717) is 32.2 Å². The van der Waals surface area contributed by atoms with Crippen LogP contribution in [0, 0.1) is 5.92 Å². The molecule has 1 aliphatic rings. The van der Waals surface area contributed by atoms with Gasteiger partial charge in [0.1, 0.15) is 11.5 Å². The van der Waals surface area contributed by atoms with Gasteiger partial charge in [-0.25, -0.2) is 0 Å². The molecule has 1 aromatic rings. The van der Waals surface area contributed by atoms with Gasteiger partial charge in [0, 0.05) is 24.6 Å². The van der Waals surface area contributed by atoms with Gasteiger partial charge in [-0.3, -0.25) is 9.98 Å². The minimum Gasteiger partial charge on any atom is -0.493 e. The monoisotopic (exact) mass is 540 g/mol. The molecule has 0 amide bonds. The Hall–Kier alpha value is -3.16. The van der Waals surface area contributed by atoms with Gasteiger partial charge in [-0.1, -0.05) is 43.6 Å². The van der Waals surface area contributed by atoms with Gasteiger partial charge in [0.2, 0.25) is 0 Å². The van der Waals surface area contributed by atoms with Crippen molar-refractivity contribution in [1.82, 2.24) is 0 Å². The fraction of sp³-hybridized carbons (Fsp3) is 0.613. The van der Waals surface area contributed by atoms with Crippen LogP contribution in [0.25, 0.3) is 0 Å².